The third kappa shape index (κ3) is 7.88. The number of ether oxygens (including phenoxy) is 1. The molecule has 0 saturated heterocycles. The van der Waals surface area contributed by atoms with Gasteiger partial charge in [-0.05, 0) is 61.0 Å². The number of aliphatic carboxylic acids is 1. The molecular formula is C28H27FN6O5. The van der Waals surface area contributed by atoms with Crippen molar-refractivity contribution in [2.75, 3.05) is 30.3 Å². The first kappa shape index (κ1) is 27.8. The van der Waals surface area contributed by atoms with Gasteiger partial charge in [-0.15, -0.1) is 0 Å². The van der Waals surface area contributed by atoms with Crippen molar-refractivity contribution in [3.63, 3.8) is 0 Å². The molecule has 40 heavy (non-hydrogen) atoms. The lowest BCUT2D eigenvalue weighted by Crippen LogP contribution is -2.33. The predicted octanol–water partition coefficient (Wildman–Crippen LogP) is 4.36. The number of aryl methyl sites for hydroxylation is 1. The molecule has 206 valence electrons. The molecule has 2 aromatic heterocycles. The Bertz CT molecular complexity index is 1510. The normalized spacial score (nSPS) is 10.6. The molecule has 0 aliphatic heterocycles. The maximum Gasteiger partial charge on any atom is 0.323 e. The monoisotopic (exact) mass is 546 g/mol. The van der Waals surface area contributed by atoms with Gasteiger partial charge in [0.1, 0.15) is 17.3 Å². The molecule has 0 saturated carbocycles. The van der Waals surface area contributed by atoms with E-state index in [0.29, 0.717) is 40.7 Å². The van der Waals surface area contributed by atoms with E-state index < -0.39 is 17.8 Å². The Morgan fingerprint density at radius 1 is 0.975 bits per heavy atom. The highest BCUT2D eigenvalue weighted by atomic mass is 19.1. The topological polar surface area (TPSA) is 157 Å². The third-order valence-electron chi connectivity index (χ3n) is 5.53. The second kappa shape index (κ2) is 13.0. The van der Waals surface area contributed by atoms with Crippen molar-refractivity contribution in [1.29, 1.82) is 0 Å². The van der Waals surface area contributed by atoms with Crippen molar-refractivity contribution >= 4 is 29.3 Å². The molecule has 0 fully saturated rings. The van der Waals surface area contributed by atoms with Crippen LogP contribution in [0.1, 0.15) is 15.9 Å². The van der Waals surface area contributed by atoms with E-state index in [1.165, 1.54) is 6.07 Å². The zero-order chi connectivity index (χ0) is 28.5. The number of nitrogens with zero attached hydrogens (tertiary/aromatic N) is 1. The third-order valence-corrected chi connectivity index (χ3v) is 5.53. The van der Waals surface area contributed by atoms with Crippen molar-refractivity contribution in [2.24, 2.45) is 0 Å². The maximum atomic E-state index is 13.9. The number of halogens is 1. The van der Waals surface area contributed by atoms with E-state index in [4.69, 9.17) is 9.84 Å². The molecule has 0 aliphatic carbocycles. The minimum atomic E-state index is -0.966. The minimum absolute atomic E-state index is 0.0889. The molecule has 0 aliphatic rings. The molecule has 11 nitrogen and oxygen atoms in total. The summed E-state index contributed by atoms with van der Waals surface area (Å²) < 4.78 is 19.8. The van der Waals surface area contributed by atoms with E-state index in [2.05, 4.69) is 31.2 Å². The second-order valence-electron chi connectivity index (χ2n) is 8.69. The van der Waals surface area contributed by atoms with Crippen LogP contribution < -0.4 is 26.0 Å². The molecule has 3 amide bonds. The van der Waals surface area contributed by atoms with Crippen LogP contribution in [0.4, 0.5) is 20.6 Å². The van der Waals surface area contributed by atoms with Gasteiger partial charge >= 0.3 is 12.0 Å². The van der Waals surface area contributed by atoms with Crippen molar-refractivity contribution in [2.45, 2.75) is 6.92 Å². The first-order chi connectivity index (χ1) is 19.3. The number of carboxylic acids is 1. The fraction of sp³-hybridized carbons (Fsp3) is 0.143. The molecule has 2 aromatic carbocycles. The Labute approximate surface area is 228 Å². The lowest BCUT2D eigenvalue weighted by Gasteiger charge is -2.10. The van der Waals surface area contributed by atoms with Crippen molar-refractivity contribution in [3.05, 3.63) is 90.0 Å². The number of hydrogen-bond donors (Lipinski definition) is 6. The lowest BCUT2D eigenvalue weighted by atomic mass is 10.2. The number of rotatable bonds is 11. The van der Waals surface area contributed by atoms with Crippen LogP contribution in [-0.4, -0.2) is 52.6 Å². The molecule has 12 heteroatoms. The van der Waals surface area contributed by atoms with Crippen LogP contribution >= 0.6 is 0 Å². The number of aromatic nitrogens is 2. The first-order valence-electron chi connectivity index (χ1n) is 12.2. The number of H-pyrrole nitrogens is 1. The van der Waals surface area contributed by atoms with Gasteiger partial charge in [-0.3, -0.25) is 14.6 Å². The Morgan fingerprint density at radius 3 is 2.55 bits per heavy atom. The van der Waals surface area contributed by atoms with E-state index >= 15 is 0 Å². The van der Waals surface area contributed by atoms with Crippen molar-refractivity contribution in [1.82, 2.24) is 20.6 Å². The van der Waals surface area contributed by atoms with Gasteiger partial charge in [-0.1, -0.05) is 6.07 Å². The highest BCUT2D eigenvalue weighted by Gasteiger charge is 2.12. The van der Waals surface area contributed by atoms with Crippen LogP contribution in [0.25, 0.3) is 11.4 Å². The molecule has 0 radical (unpaired) electrons. The number of anilines is 2. The van der Waals surface area contributed by atoms with Crippen molar-refractivity contribution in [3.8, 4) is 22.9 Å². The Morgan fingerprint density at radius 2 is 1.77 bits per heavy atom. The number of amides is 3. The molecule has 0 bridgehead atoms. The summed E-state index contributed by atoms with van der Waals surface area (Å²) in [6, 6.07) is 15.6. The fourth-order valence-electron chi connectivity index (χ4n) is 3.62. The summed E-state index contributed by atoms with van der Waals surface area (Å²) in [6.07, 6.45) is 3.13. The molecular weight excluding hydrogens is 519 g/mol. The number of nitrogens with one attached hydrogen (secondary N) is 5. The summed E-state index contributed by atoms with van der Waals surface area (Å²) in [4.78, 5) is 42.5. The van der Waals surface area contributed by atoms with Gasteiger partial charge in [-0.25, -0.2) is 9.18 Å². The number of carboxylic acid groups (broad SMARTS) is 1. The molecule has 0 spiro atoms. The van der Waals surface area contributed by atoms with E-state index in [1.807, 2.05) is 0 Å². The van der Waals surface area contributed by atoms with E-state index in [-0.39, 0.29) is 24.7 Å². The second-order valence-corrected chi connectivity index (χ2v) is 8.69. The van der Waals surface area contributed by atoms with Crippen LogP contribution in [0.2, 0.25) is 0 Å². The zero-order valence-corrected chi connectivity index (χ0v) is 21.5. The minimum Gasteiger partial charge on any atom is -0.480 e. The number of aromatic amines is 1. The van der Waals surface area contributed by atoms with Crippen LogP contribution in [0.15, 0.2) is 73.1 Å². The number of carbonyl (C=O) groups excluding carboxylic acids is 2. The fourth-order valence-corrected chi connectivity index (χ4v) is 3.62. The smallest absolute Gasteiger partial charge is 0.323 e. The number of hydrogen-bond acceptors (Lipinski definition) is 6. The van der Waals surface area contributed by atoms with Crippen LogP contribution in [0, 0.1) is 12.7 Å². The number of carbonyl (C=O) groups is 3. The molecule has 2 heterocycles. The van der Waals surface area contributed by atoms with Gasteiger partial charge < -0.3 is 36.1 Å². The largest absolute Gasteiger partial charge is 0.480 e. The first-order valence-corrected chi connectivity index (χ1v) is 12.2. The van der Waals surface area contributed by atoms with E-state index in [0.717, 1.165) is 5.56 Å². The Kier molecular flexibility index (Phi) is 9.05. The van der Waals surface area contributed by atoms with Crippen LogP contribution in [0.3, 0.4) is 0 Å². The van der Waals surface area contributed by atoms with Gasteiger partial charge in [0, 0.05) is 37.2 Å². The SMILES string of the molecule is Cc1ccc(F)c(NC(=O)Nc2ccc(Oc3ccnc(-c4cc(C(=O)NCCNCC(=O)O)c[nH]4)c3)cc2)c1. The summed E-state index contributed by atoms with van der Waals surface area (Å²) in [6.45, 7) is 2.23. The van der Waals surface area contributed by atoms with Crippen molar-refractivity contribution < 1.29 is 28.6 Å². The maximum absolute atomic E-state index is 13.9. The molecule has 4 aromatic rings. The number of urea groups is 1. The van der Waals surface area contributed by atoms with Crippen LogP contribution in [-0.2, 0) is 4.79 Å². The van der Waals surface area contributed by atoms with Gasteiger partial charge in [0.05, 0.1) is 29.2 Å². The summed E-state index contributed by atoms with van der Waals surface area (Å²) >= 11 is 0. The van der Waals surface area contributed by atoms with Crippen LogP contribution in [0.5, 0.6) is 11.5 Å². The standard InChI is InChI=1S/C28H27FN6O5/c1-17-2-7-22(29)23(12-17)35-28(39)34-19-3-5-20(6-4-19)40-21-8-9-31-25(14-21)24-13-18(15-33-24)27(38)32-11-10-30-16-26(36)37/h2-9,12-15,30,33H,10-11,16H2,1H3,(H,32,38)(H,36,37)(H2,34,35,39). The van der Waals surface area contributed by atoms with Gasteiger partial charge in [0.15, 0.2) is 0 Å². The van der Waals surface area contributed by atoms with E-state index in [9.17, 15) is 18.8 Å². The zero-order valence-electron chi connectivity index (χ0n) is 21.5. The average molecular weight is 547 g/mol. The molecule has 0 atom stereocenters. The number of benzene rings is 2. The average Bonchev–Trinajstić information content (AvgIpc) is 3.42. The Hall–Kier alpha value is -5.23. The van der Waals surface area contributed by atoms with Gasteiger partial charge in [0.25, 0.3) is 5.91 Å². The quantitative estimate of drug-likeness (QED) is 0.153. The summed E-state index contributed by atoms with van der Waals surface area (Å²) in [5.74, 6) is -0.785. The van der Waals surface area contributed by atoms with Gasteiger partial charge in [-0.2, -0.15) is 0 Å². The summed E-state index contributed by atoms with van der Waals surface area (Å²) in [5.41, 5.74) is 2.96. The molecule has 4 rings (SSSR count). The lowest BCUT2D eigenvalue weighted by molar-refractivity contribution is -0.135. The van der Waals surface area contributed by atoms with Gasteiger partial charge in [0.2, 0.25) is 0 Å². The molecule has 6 N–H and O–H groups in total. The van der Waals surface area contributed by atoms with E-state index in [1.54, 1.807) is 73.9 Å². The Balaban J connectivity index is 1.31. The predicted molar refractivity (Wildman–Crippen MR) is 147 cm³/mol. The highest BCUT2D eigenvalue weighted by Crippen LogP contribution is 2.27. The molecule has 0 unspecified atom stereocenters. The summed E-state index contributed by atoms with van der Waals surface area (Å²) in [5, 5.41) is 19.2. The highest BCUT2D eigenvalue weighted by molar-refractivity contribution is 6.00. The summed E-state index contributed by atoms with van der Waals surface area (Å²) in [7, 11) is 0. The number of pyridine rings is 1.